The molecule has 1 fully saturated rings. The highest BCUT2D eigenvalue weighted by molar-refractivity contribution is 5.60. The van der Waals surface area contributed by atoms with Gasteiger partial charge in [0.05, 0.1) is 4.92 Å². The molecule has 0 aliphatic carbocycles. The maximum absolute atomic E-state index is 10.8. The van der Waals surface area contributed by atoms with E-state index in [2.05, 4.69) is 4.98 Å². The Morgan fingerprint density at radius 1 is 1.67 bits per heavy atom. The van der Waals surface area contributed by atoms with Crippen molar-refractivity contribution in [3.8, 4) is 0 Å². The Bertz CT molecular complexity index is 401. The Labute approximate surface area is 86.9 Å². The first-order valence-electron chi connectivity index (χ1n) is 4.69. The average molecular weight is 208 g/mol. The Morgan fingerprint density at radius 2 is 2.33 bits per heavy atom. The summed E-state index contributed by atoms with van der Waals surface area (Å²) in [5, 5.41) is 10.8. The molecule has 2 rings (SSSR count). The van der Waals surface area contributed by atoms with E-state index >= 15 is 0 Å². The summed E-state index contributed by atoms with van der Waals surface area (Å²) in [5.41, 5.74) is 6.47. The molecule has 2 heterocycles. The summed E-state index contributed by atoms with van der Waals surface area (Å²) in [6.45, 7) is 3.05. The molecule has 80 valence electrons. The van der Waals surface area contributed by atoms with Crippen molar-refractivity contribution in [2.75, 3.05) is 18.0 Å². The molecule has 0 amide bonds. The predicted molar refractivity (Wildman–Crippen MR) is 55.8 cm³/mol. The molecule has 1 aromatic heterocycles. The minimum Gasteiger partial charge on any atom is -0.348 e. The zero-order chi connectivity index (χ0) is 11.0. The fraction of sp³-hybridized carbons (Fsp3) is 0.444. The molecule has 6 heteroatoms. The van der Waals surface area contributed by atoms with Crippen molar-refractivity contribution in [3.05, 3.63) is 27.9 Å². The van der Waals surface area contributed by atoms with Crippen LogP contribution in [0.3, 0.4) is 0 Å². The predicted octanol–water partition coefficient (Wildman–Crippen LogP) is 0.446. The van der Waals surface area contributed by atoms with E-state index in [0.717, 1.165) is 5.56 Å². The molecule has 0 radical (unpaired) electrons. The molecule has 0 aromatic carbocycles. The number of aromatic nitrogens is 1. The van der Waals surface area contributed by atoms with Crippen LogP contribution in [0.1, 0.15) is 5.56 Å². The van der Waals surface area contributed by atoms with Crippen LogP contribution in [0, 0.1) is 17.0 Å². The molecule has 15 heavy (non-hydrogen) atoms. The van der Waals surface area contributed by atoms with Gasteiger partial charge in [0.1, 0.15) is 0 Å². The summed E-state index contributed by atoms with van der Waals surface area (Å²) in [6.07, 6.45) is 1.63. The third kappa shape index (κ3) is 1.75. The lowest BCUT2D eigenvalue weighted by Crippen LogP contribution is -2.56. The summed E-state index contributed by atoms with van der Waals surface area (Å²) in [7, 11) is 0. The third-order valence-corrected chi connectivity index (χ3v) is 2.39. The van der Waals surface area contributed by atoms with Crippen LogP contribution < -0.4 is 10.6 Å². The fourth-order valence-electron chi connectivity index (χ4n) is 1.61. The number of nitro groups is 1. The molecule has 0 atom stereocenters. The van der Waals surface area contributed by atoms with Crippen molar-refractivity contribution in [1.82, 2.24) is 4.98 Å². The summed E-state index contributed by atoms with van der Waals surface area (Å²) in [4.78, 5) is 16.3. The lowest BCUT2D eigenvalue weighted by atomic mass is 10.1. The molecule has 2 N–H and O–H groups in total. The first kappa shape index (κ1) is 9.85. The van der Waals surface area contributed by atoms with Crippen molar-refractivity contribution in [1.29, 1.82) is 0 Å². The van der Waals surface area contributed by atoms with E-state index in [1.807, 2.05) is 4.90 Å². The van der Waals surface area contributed by atoms with Crippen molar-refractivity contribution in [2.45, 2.75) is 13.0 Å². The van der Waals surface area contributed by atoms with Crippen LogP contribution in [0.4, 0.5) is 11.5 Å². The average Bonchev–Trinajstić information content (AvgIpc) is 2.13. The smallest absolute Gasteiger partial charge is 0.311 e. The Morgan fingerprint density at radius 3 is 2.87 bits per heavy atom. The van der Waals surface area contributed by atoms with Gasteiger partial charge in [0.15, 0.2) is 0 Å². The lowest BCUT2D eigenvalue weighted by molar-refractivity contribution is -0.384. The first-order valence-corrected chi connectivity index (χ1v) is 4.69. The minimum atomic E-state index is -0.404. The summed E-state index contributed by atoms with van der Waals surface area (Å²) < 4.78 is 0. The van der Waals surface area contributed by atoms with Crippen LogP contribution in [0.25, 0.3) is 0 Å². The van der Waals surface area contributed by atoms with Gasteiger partial charge in [0.2, 0.25) is 5.82 Å². The van der Waals surface area contributed by atoms with Gasteiger partial charge in [-0.1, -0.05) is 0 Å². The van der Waals surface area contributed by atoms with Crippen LogP contribution in [0.2, 0.25) is 0 Å². The SMILES string of the molecule is Cc1cnc(N2CC(N)C2)c([N+](=O)[O-])c1. The Kier molecular flexibility index (Phi) is 2.28. The number of hydrogen-bond acceptors (Lipinski definition) is 5. The number of nitrogens with zero attached hydrogens (tertiary/aromatic N) is 3. The third-order valence-electron chi connectivity index (χ3n) is 2.39. The highest BCUT2D eigenvalue weighted by atomic mass is 16.6. The fourth-order valence-corrected chi connectivity index (χ4v) is 1.61. The summed E-state index contributed by atoms with van der Waals surface area (Å²) in [6, 6.07) is 1.64. The van der Waals surface area contributed by atoms with Gasteiger partial charge < -0.3 is 10.6 Å². The number of nitrogens with two attached hydrogens (primary N) is 1. The molecule has 0 bridgehead atoms. The second-order valence-electron chi connectivity index (χ2n) is 3.78. The van der Waals surface area contributed by atoms with Gasteiger partial charge in [-0.2, -0.15) is 0 Å². The lowest BCUT2D eigenvalue weighted by Gasteiger charge is -2.37. The molecule has 0 spiro atoms. The van der Waals surface area contributed by atoms with Crippen LogP contribution in [0.5, 0.6) is 0 Å². The van der Waals surface area contributed by atoms with E-state index in [-0.39, 0.29) is 11.7 Å². The van der Waals surface area contributed by atoms with Gasteiger partial charge in [-0.05, 0) is 12.5 Å². The monoisotopic (exact) mass is 208 g/mol. The van der Waals surface area contributed by atoms with E-state index in [4.69, 9.17) is 5.73 Å². The highest BCUT2D eigenvalue weighted by Crippen LogP contribution is 2.28. The van der Waals surface area contributed by atoms with Gasteiger partial charge in [-0.15, -0.1) is 0 Å². The zero-order valence-electron chi connectivity index (χ0n) is 8.38. The molecule has 1 saturated heterocycles. The van der Waals surface area contributed by atoms with Crippen molar-refractivity contribution in [3.63, 3.8) is 0 Å². The van der Waals surface area contributed by atoms with Gasteiger partial charge in [0.25, 0.3) is 0 Å². The molecule has 1 aromatic rings. The van der Waals surface area contributed by atoms with Gasteiger partial charge in [-0.25, -0.2) is 4.98 Å². The molecular formula is C9H12N4O2. The van der Waals surface area contributed by atoms with Crippen molar-refractivity contribution < 1.29 is 4.92 Å². The number of hydrogen-bond donors (Lipinski definition) is 1. The number of rotatable bonds is 2. The quantitative estimate of drug-likeness (QED) is 0.563. The first-order chi connectivity index (χ1) is 7.08. The van der Waals surface area contributed by atoms with Gasteiger partial charge in [-0.3, -0.25) is 10.1 Å². The largest absolute Gasteiger partial charge is 0.348 e. The molecule has 1 aliphatic rings. The second-order valence-corrected chi connectivity index (χ2v) is 3.78. The van der Waals surface area contributed by atoms with E-state index in [0.29, 0.717) is 18.9 Å². The molecule has 1 aliphatic heterocycles. The minimum absolute atomic E-state index is 0.0573. The number of aryl methyl sites for hydroxylation is 1. The molecule has 6 nitrogen and oxygen atoms in total. The maximum atomic E-state index is 10.8. The standard InChI is InChI=1S/C9H12N4O2/c1-6-2-8(13(14)15)9(11-3-6)12-4-7(10)5-12/h2-3,7H,4-5,10H2,1H3. The zero-order valence-corrected chi connectivity index (χ0v) is 8.38. The van der Waals surface area contributed by atoms with Crippen molar-refractivity contribution >= 4 is 11.5 Å². The topological polar surface area (TPSA) is 85.3 Å². The maximum Gasteiger partial charge on any atom is 0.311 e. The van der Waals surface area contributed by atoms with E-state index in [9.17, 15) is 10.1 Å². The summed E-state index contributed by atoms with van der Waals surface area (Å²) >= 11 is 0. The number of pyridine rings is 1. The highest BCUT2D eigenvalue weighted by Gasteiger charge is 2.30. The van der Waals surface area contributed by atoms with Crippen LogP contribution in [0.15, 0.2) is 12.3 Å². The molecule has 0 unspecified atom stereocenters. The molecular weight excluding hydrogens is 196 g/mol. The van der Waals surface area contributed by atoms with Gasteiger partial charge in [0, 0.05) is 31.4 Å². The van der Waals surface area contributed by atoms with Crippen LogP contribution in [-0.2, 0) is 0 Å². The second kappa shape index (κ2) is 3.47. The van der Waals surface area contributed by atoms with Crippen molar-refractivity contribution in [2.24, 2.45) is 5.73 Å². The van der Waals surface area contributed by atoms with E-state index in [1.165, 1.54) is 6.07 Å². The van der Waals surface area contributed by atoms with E-state index in [1.54, 1.807) is 13.1 Å². The van der Waals surface area contributed by atoms with E-state index < -0.39 is 4.92 Å². The normalized spacial score (nSPS) is 16.3. The molecule has 0 saturated carbocycles. The Hall–Kier alpha value is -1.69. The summed E-state index contributed by atoms with van der Waals surface area (Å²) in [5.74, 6) is 0.423. The van der Waals surface area contributed by atoms with Crippen LogP contribution in [-0.4, -0.2) is 29.0 Å². The Balaban J connectivity index is 2.34. The number of anilines is 1. The van der Waals surface area contributed by atoms with Crippen LogP contribution >= 0.6 is 0 Å². The van der Waals surface area contributed by atoms with Gasteiger partial charge >= 0.3 is 5.69 Å².